The molecule has 1 N–H and O–H groups in total. The number of carbonyl (C=O) groups excluding carboxylic acids is 1. The fourth-order valence-electron chi connectivity index (χ4n) is 3.22. The van der Waals surface area contributed by atoms with E-state index >= 15 is 0 Å². The quantitative estimate of drug-likeness (QED) is 0.196. The van der Waals surface area contributed by atoms with Crippen LogP contribution in [0.2, 0.25) is 0 Å². The van der Waals surface area contributed by atoms with Crippen molar-refractivity contribution in [1.82, 2.24) is 10.2 Å². The predicted octanol–water partition coefficient (Wildman–Crippen LogP) is 5.51. The molecule has 188 valence electrons. The summed E-state index contributed by atoms with van der Waals surface area (Å²) in [6, 6.07) is 13.1. The molecule has 0 aliphatic rings. The van der Waals surface area contributed by atoms with Crippen molar-refractivity contribution in [3.05, 3.63) is 63.7 Å². The Labute approximate surface area is 215 Å². The Balaban J connectivity index is 1.60. The number of nitrogens with one attached hydrogen (secondary N) is 1. The summed E-state index contributed by atoms with van der Waals surface area (Å²) >= 11 is 1.31. The van der Waals surface area contributed by atoms with Crippen LogP contribution in [-0.4, -0.2) is 36.4 Å². The molecule has 8 nitrogen and oxygen atoms in total. The zero-order chi connectivity index (χ0) is 25.9. The second kappa shape index (κ2) is 13.3. The summed E-state index contributed by atoms with van der Waals surface area (Å²) in [5, 5.41) is 21.5. The van der Waals surface area contributed by atoms with Gasteiger partial charge in [0.15, 0.2) is 11.5 Å². The summed E-state index contributed by atoms with van der Waals surface area (Å²) in [5.74, 6) is 1.27. The summed E-state index contributed by atoms with van der Waals surface area (Å²) in [6.45, 7) is 6.90. The smallest absolute Gasteiger partial charge is 0.268 e. The highest BCUT2D eigenvalue weighted by atomic mass is 32.1. The molecule has 0 aliphatic heterocycles. The van der Waals surface area contributed by atoms with Gasteiger partial charge in [0.05, 0.1) is 7.11 Å². The number of unbranched alkanes of at least 4 members (excludes halogenated alkanes) is 1. The number of carbonyl (C=O) groups is 1. The molecule has 0 bridgehead atoms. The van der Waals surface area contributed by atoms with Crippen molar-refractivity contribution in [3.8, 4) is 23.3 Å². The summed E-state index contributed by atoms with van der Waals surface area (Å²) < 4.78 is 17.0. The SMILES string of the molecule is CCCCc1nnc(NC(=O)C(C#N)=Cc2ccc(OCCOc3ccc(C)c(C)c3)c(OC)c2)s1. The van der Waals surface area contributed by atoms with E-state index in [4.69, 9.17) is 14.2 Å². The predicted molar refractivity (Wildman–Crippen MR) is 141 cm³/mol. The number of aryl methyl sites for hydroxylation is 3. The topological polar surface area (TPSA) is 106 Å². The summed E-state index contributed by atoms with van der Waals surface area (Å²) in [7, 11) is 1.53. The van der Waals surface area contributed by atoms with E-state index in [9.17, 15) is 10.1 Å². The van der Waals surface area contributed by atoms with Gasteiger partial charge in [0.25, 0.3) is 5.91 Å². The molecule has 2 aromatic carbocycles. The number of benzene rings is 2. The van der Waals surface area contributed by atoms with E-state index in [0.717, 1.165) is 30.0 Å². The van der Waals surface area contributed by atoms with Gasteiger partial charge >= 0.3 is 0 Å². The maximum Gasteiger partial charge on any atom is 0.268 e. The van der Waals surface area contributed by atoms with Crippen molar-refractivity contribution in [2.24, 2.45) is 0 Å². The molecule has 3 aromatic rings. The molecule has 0 aliphatic carbocycles. The van der Waals surface area contributed by atoms with Crippen molar-refractivity contribution < 1.29 is 19.0 Å². The number of rotatable bonds is 12. The van der Waals surface area contributed by atoms with Gasteiger partial charge in [-0.3, -0.25) is 10.1 Å². The van der Waals surface area contributed by atoms with E-state index in [-0.39, 0.29) is 5.57 Å². The van der Waals surface area contributed by atoms with Crippen molar-refractivity contribution in [3.63, 3.8) is 0 Å². The van der Waals surface area contributed by atoms with Crippen LogP contribution in [0.5, 0.6) is 17.2 Å². The molecule has 0 unspecified atom stereocenters. The van der Waals surface area contributed by atoms with Gasteiger partial charge in [-0.25, -0.2) is 0 Å². The molecular weight excluding hydrogens is 476 g/mol. The van der Waals surface area contributed by atoms with Crippen LogP contribution >= 0.6 is 11.3 Å². The van der Waals surface area contributed by atoms with Crippen LogP contribution in [0, 0.1) is 25.2 Å². The number of amides is 1. The number of nitrogens with zero attached hydrogens (tertiary/aromatic N) is 3. The number of hydrogen-bond donors (Lipinski definition) is 1. The Morgan fingerprint density at radius 2 is 1.89 bits per heavy atom. The van der Waals surface area contributed by atoms with Gasteiger partial charge in [-0.1, -0.05) is 36.8 Å². The molecule has 0 radical (unpaired) electrons. The van der Waals surface area contributed by atoms with E-state index < -0.39 is 5.91 Å². The molecule has 1 aromatic heterocycles. The largest absolute Gasteiger partial charge is 0.493 e. The maximum absolute atomic E-state index is 12.6. The van der Waals surface area contributed by atoms with E-state index in [1.165, 1.54) is 35.6 Å². The lowest BCUT2D eigenvalue weighted by Gasteiger charge is -2.13. The van der Waals surface area contributed by atoms with Gasteiger partial charge in [-0.15, -0.1) is 10.2 Å². The third kappa shape index (κ3) is 7.55. The first-order valence-electron chi connectivity index (χ1n) is 11.7. The molecule has 36 heavy (non-hydrogen) atoms. The number of hydrogen-bond acceptors (Lipinski definition) is 8. The molecule has 0 saturated carbocycles. The van der Waals surface area contributed by atoms with E-state index in [1.807, 2.05) is 31.2 Å². The van der Waals surface area contributed by atoms with Crippen LogP contribution < -0.4 is 19.5 Å². The van der Waals surface area contributed by atoms with E-state index in [1.54, 1.807) is 18.2 Å². The first-order valence-corrected chi connectivity index (χ1v) is 12.5. The molecule has 0 spiro atoms. The number of nitriles is 1. The normalized spacial score (nSPS) is 11.0. The van der Waals surface area contributed by atoms with Gasteiger partial charge < -0.3 is 14.2 Å². The third-order valence-electron chi connectivity index (χ3n) is 5.38. The average molecular weight is 507 g/mol. The standard InChI is InChI=1S/C27H30N4O4S/c1-5-6-7-25-30-31-27(36-25)29-26(32)21(17-28)15-20-9-11-23(24(16-20)33-4)35-13-12-34-22-10-8-18(2)19(3)14-22/h8-11,14-16H,5-7,12-13H2,1-4H3,(H,29,31,32). The Morgan fingerprint density at radius 3 is 2.61 bits per heavy atom. The fourth-order valence-corrected chi connectivity index (χ4v) is 4.00. The van der Waals surface area contributed by atoms with Crippen molar-refractivity contribution in [2.75, 3.05) is 25.6 Å². The van der Waals surface area contributed by atoms with E-state index in [0.29, 0.717) is 35.4 Å². The van der Waals surface area contributed by atoms with Gasteiger partial charge in [0.1, 0.15) is 35.6 Å². The molecule has 0 atom stereocenters. The number of methoxy groups -OCH3 is 1. The summed E-state index contributed by atoms with van der Waals surface area (Å²) in [5.41, 5.74) is 2.95. The lowest BCUT2D eigenvalue weighted by Crippen LogP contribution is -2.13. The molecule has 1 heterocycles. The number of ether oxygens (including phenoxy) is 3. The Kier molecular flexibility index (Phi) is 9.83. The molecule has 0 saturated heterocycles. The maximum atomic E-state index is 12.6. The first kappa shape index (κ1) is 26.7. The van der Waals surface area contributed by atoms with Gasteiger partial charge in [0, 0.05) is 6.42 Å². The second-order valence-corrected chi connectivity index (χ2v) is 9.14. The van der Waals surface area contributed by atoms with Crippen LogP contribution in [0.1, 0.15) is 41.5 Å². The lowest BCUT2D eigenvalue weighted by atomic mass is 10.1. The highest BCUT2D eigenvalue weighted by molar-refractivity contribution is 7.15. The lowest BCUT2D eigenvalue weighted by molar-refractivity contribution is -0.112. The molecule has 0 fully saturated rings. The Hall–Kier alpha value is -3.90. The van der Waals surface area contributed by atoms with Gasteiger partial charge in [0.2, 0.25) is 5.13 Å². The van der Waals surface area contributed by atoms with Gasteiger partial charge in [-0.05, 0) is 67.3 Å². The van der Waals surface area contributed by atoms with Crippen molar-refractivity contribution in [2.45, 2.75) is 40.0 Å². The fraction of sp³-hybridized carbons (Fsp3) is 0.333. The zero-order valence-corrected chi connectivity index (χ0v) is 21.8. The minimum atomic E-state index is -0.543. The minimum Gasteiger partial charge on any atom is -0.493 e. The van der Waals surface area contributed by atoms with Crippen LogP contribution in [0.25, 0.3) is 6.08 Å². The van der Waals surface area contributed by atoms with Gasteiger partial charge in [-0.2, -0.15) is 5.26 Å². The van der Waals surface area contributed by atoms with Crippen molar-refractivity contribution >= 4 is 28.5 Å². The average Bonchev–Trinajstić information content (AvgIpc) is 3.33. The molecule has 1 amide bonds. The molecule has 3 rings (SSSR count). The summed E-state index contributed by atoms with van der Waals surface area (Å²) in [6.07, 6.45) is 4.37. The number of aromatic nitrogens is 2. The Bertz CT molecular complexity index is 1260. The van der Waals surface area contributed by atoms with Crippen LogP contribution in [0.3, 0.4) is 0 Å². The third-order valence-corrected chi connectivity index (χ3v) is 6.28. The zero-order valence-electron chi connectivity index (χ0n) is 21.0. The van der Waals surface area contributed by atoms with Crippen molar-refractivity contribution in [1.29, 1.82) is 5.26 Å². The summed E-state index contributed by atoms with van der Waals surface area (Å²) in [4.78, 5) is 12.6. The highest BCUT2D eigenvalue weighted by Crippen LogP contribution is 2.29. The monoisotopic (exact) mass is 506 g/mol. The van der Waals surface area contributed by atoms with Crippen LogP contribution in [-0.2, 0) is 11.2 Å². The molecular formula is C27H30N4O4S. The Morgan fingerprint density at radius 1 is 1.08 bits per heavy atom. The van der Waals surface area contributed by atoms with E-state index in [2.05, 4.69) is 29.4 Å². The van der Waals surface area contributed by atoms with Crippen LogP contribution in [0.4, 0.5) is 5.13 Å². The van der Waals surface area contributed by atoms with Crippen LogP contribution in [0.15, 0.2) is 42.0 Å². The number of anilines is 1. The first-order chi connectivity index (χ1) is 17.4. The second-order valence-electron chi connectivity index (χ2n) is 8.08. The highest BCUT2D eigenvalue weighted by Gasteiger charge is 2.14. The minimum absolute atomic E-state index is 0.0576. The molecule has 9 heteroatoms.